The summed E-state index contributed by atoms with van der Waals surface area (Å²) in [6.45, 7) is 1.14. The van der Waals surface area contributed by atoms with E-state index in [1.807, 2.05) is 18.2 Å². The predicted octanol–water partition coefficient (Wildman–Crippen LogP) is 2.02. The molecule has 0 aromatic heterocycles. The highest BCUT2D eigenvalue weighted by atomic mass is 16.3. The molecule has 1 N–H and O–H groups in total. The van der Waals surface area contributed by atoms with Crippen LogP contribution < -0.4 is 0 Å². The molecule has 1 aliphatic carbocycles. The SMILES string of the molecule is O=C(C1CC=CC1)N(CCO)CCc1ccccc1. The number of allylic oxidation sites excluding steroid dienone is 2. The largest absolute Gasteiger partial charge is 0.395 e. The lowest BCUT2D eigenvalue weighted by Gasteiger charge is -2.25. The number of rotatable bonds is 6. The van der Waals surface area contributed by atoms with Crippen molar-refractivity contribution >= 4 is 5.91 Å². The van der Waals surface area contributed by atoms with Gasteiger partial charge < -0.3 is 10.0 Å². The summed E-state index contributed by atoms with van der Waals surface area (Å²) in [7, 11) is 0. The Labute approximate surface area is 114 Å². The monoisotopic (exact) mass is 259 g/mol. The maximum Gasteiger partial charge on any atom is 0.226 e. The van der Waals surface area contributed by atoms with Gasteiger partial charge in [0, 0.05) is 19.0 Å². The standard InChI is InChI=1S/C16H21NO2/c18-13-12-17(16(19)15-8-4-5-9-15)11-10-14-6-2-1-3-7-14/h1-7,15,18H,8-13H2. The molecule has 3 heteroatoms. The van der Waals surface area contributed by atoms with Gasteiger partial charge in [0.15, 0.2) is 0 Å². The van der Waals surface area contributed by atoms with Gasteiger partial charge in [-0.2, -0.15) is 0 Å². The van der Waals surface area contributed by atoms with Crippen LogP contribution in [-0.4, -0.2) is 35.6 Å². The summed E-state index contributed by atoms with van der Waals surface area (Å²) in [6, 6.07) is 10.1. The second-order valence-corrected chi connectivity index (χ2v) is 4.92. The van der Waals surface area contributed by atoms with E-state index in [0.29, 0.717) is 13.1 Å². The van der Waals surface area contributed by atoms with Crippen LogP contribution in [0.5, 0.6) is 0 Å². The van der Waals surface area contributed by atoms with Crippen LogP contribution in [0.3, 0.4) is 0 Å². The van der Waals surface area contributed by atoms with Gasteiger partial charge in [0.1, 0.15) is 0 Å². The molecular weight excluding hydrogens is 238 g/mol. The molecular formula is C16H21NO2. The van der Waals surface area contributed by atoms with Gasteiger partial charge in [-0.05, 0) is 24.8 Å². The second kappa shape index (κ2) is 7.10. The van der Waals surface area contributed by atoms with Crippen molar-refractivity contribution in [2.24, 2.45) is 5.92 Å². The molecule has 0 fully saturated rings. The van der Waals surface area contributed by atoms with Crippen LogP contribution in [0.15, 0.2) is 42.5 Å². The fourth-order valence-corrected chi connectivity index (χ4v) is 2.44. The van der Waals surface area contributed by atoms with E-state index in [2.05, 4.69) is 24.3 Å². The summed E-state index contributed by atoms with van der Waals surface area (Å²) in [5.74, 6) is 0.261. The van der Waals surface area contributed by atoms with Crippen molar-refractivity contribution in [3.8, 4) is 0 Å². The first-order chi connectivity index (χ1) is 9.31. The molecule has 1 aromatic carbocycles. The number of nitrogens with zero attached hydrogens (tertiary/aromatic N) is 1. The number of amides is 1. The Hall–Kier alpha value is -1.61. The predicted molar refractivity (Wildman–Crippen MR) is 75.7 cm³/mol. The van der Waals surface area contributed by atoms with E-state index in [0.717, 1.165) is 19.3 Å². The Morgan fingerprint density at radius 3 is 2.47 bits per heavy atom. The molecule has 2 rings (SSSR count). The van der Waals surface area contributed by atoms with Crippen molar-refractivity contribution in [1.82, 2.24) is 4.90 Å². The number of benzene rings is 1. The van der Waals surface area contributed by atoms with Crippen LogP contribution in [0.1, 0.15) is 18.4 Å². The number of hydrogen-bond acceptors (Lipinski definition) is 2. The van der Waals surface area contributed by atoms with E-state index in [4.69, 9.17) is 5.11 Å². The molecule has 19 heavy (non-hydrogen) atoms. The maximum absolute atomic E-state index is 12.3. The third-order valence-corrected chi connectivity index (χ3v) is 3.55. The van der Waals surface area contributed by atoms with E-state index < -0.39 is 0 Å². The highest BCUT2D eigenvalue weighted by molar-refractivity contribution is 5.79. The van der Waals surface area contributed by atoms with Crippen molar-refractivity contribution in [3.05, 3.63) is 48.0 Å². The highest BCUT2D eigenvalue weighted by Crippen LogP contribution is 2.20. The van der Waals surface area contributed by atoms with E-state index in [1.165, 1.54) is 5.56 Å². The van der Waals surface area contributed by atoms with Crippen LogP contribution in [0.4, 0.5) is 0 Å². The average molecular weight is 259 g/mol. The first-order valence-corrected chi connectivity index (χ1v) is 6.90. The molecule has 0 aliphatic heterocycles. The molecule has 0 radical (unpaired) electrons. The molecule has 1 aromatic rings. The first-order valence-electron chi connectivity index (χ1n) is 6.90. The molecule has 1 aliphatic rings. The zero-order valence-electron chi connectivity index (χ0n) is 11.2. The van der Waals surface area contributed by atoms with E-state index in [1.54, 1.807) is 4.90 Å². The normalized spacial score (nSPS) is 14.8. The molecule has 102 valence electrons. The highest BCUT2D eigenvalue weighted by Gasteiger charge is 2.24. The molecule has 0 saturated heterocycles. The van der Waals surface area contributed by atoms with Gasteiger partial charge in [0.2, 0.25) is 5.91 Å². The van der Waals surface area contributed by atoms with Gasteiger partial charge in [0.25, 0.3) is 0 Å². The number of carbonyl (C=O) groups is 1. The third-order valence-electron chi connectivity index (χ3n) is 3.55. The van der Waals surface area contributed by atoms with Crippen molar-refractivity contribution in [2.45, 2.75) is 19.3 Å². The van der Waals surface area contributed by atoms with Crippen molar-refractivity contribution in [2.75, 3.05) is 19.7 Å². The molecule has 0 saturated carbocycles. The lowest BCUT2D eigenvalue weighted by Crippen LogP contribution is -2.38. The summed E-state index contributed by atoms with van der Waals surface area (Å²) in [4.78, 5) is 14.1. The molecule has 0 bridgehead atoms. The van der Waals surface area contributed by atoms with Crippen LogP contribution in [0.25, 0.3) is 0 Å². The van der Waals surface area contributed by atoms with Crippen molar-refractivity contribution in [1.29, 1.82) is 0 Å². The van der Waals surface area contributed by atoms with Crippen LogP contribution >= 0.6 is 0 Å². The van der Waals surface area contributed by atoms with Crippen LogP contribution in [0.2, 0.25) is 0 Å². The minimum atomic E-state index is 0.0285. The molecule has 3 nitrogen and oxygen atoms in total. The minimum Gasteiger partial charge on any atom is -0.395 e. The van der Waals surface area contributed by atoms with Gasteiger partial charge in [-0.15, -0.1) is 0 Å². The summed E-state index contributed by atoms with van der Waals surface area (Å²) in [6.07, 6.45) is 6.65. The lowest BCUT2D eigenvalue weighted by atomic mass is 10.1. The smallest absolute Gasteiger partial charge is 0.226 e. The Balaban J connectivity index is 1.90. The average Bonchev–Trinajstić information content (AvgIpc) is 2.98. The van der Waals surface area contributed by atoms with Gasteiger partial charge in [0.05, 0.1) is 6.61 Å². The number of hydrogen-bond donors (Lipinski definition) is 1. The van der Waals surface area contributed by atoms with Gasteiger partial charge in [-0.3, -0.25) is 4.79 Å². The zero-order valence-corrected chi connectivity index (χ0v) is 11.2. The Morgan fingerprint density at radius 1 is 1.16 bits per heavy atom. The Bertz CT molecular complexity index is 420. The minimum absolute atomic E-state index is 0.0285. The van der Waals surface area contributed by atoms with Crippen LogP contribution in [-0.2, 0) is 11.2 Å². The quantitative estimate of drug-likeness (QED) is 0.794. The van der Waals surface area contributed by atoms with Gasteiger partial charge in [-0.1, -0.05) is 42.5 Å². The summed E-state index contributed by atoms with van der Waals surface area (Å²) in [5, 5.41) is 9.12. The fraction of sp³-hybridized carbons (Fsp3) is 0.438. The van der Waals surface area contributed by atoms with Gasteiger partial charge in [-0.25, -0.2) is 0 Å². The number of carbonyl (C=O) groups excluding carboxylic acids is 1. The molecule has 0 heterocycles. The van der Waals surface area contributed by atoms with E-state index in [-0.39, 0.29) is 18.4 Å². The topological polar surface area (TPSA) is 40.5 Å². The summed E-state index contributed by atoms with van der Waals surface area (Å²) in [5.41, 5.74) is 1.22. The second-order valence-electron chi connectivity index (χ2n) is 4.92. The summed E-state index contributed by atoms with van der Waals surface area (Å²) >= 11 is 0. The van der Waals surface area contributed by atoms with E-state index in [9.17, 15) is 4.79 Å². The molecule has 1 amide bonds. The first kappa shape index (κ1) is 13.8. The Morgan fingerprint density at radius 2 is 1.84 bits per heavy atom. The Kier molecular flexibility index (Phi) is 5.16. The number of aliphatic hydroxyl groups is 1. The third kappa shape index (κ3) is 3.93. The summed E-state index contributed by atoms with van der Waals surface area (Å²) < 4.78 is 0. The lowest BCUT2D eigenvalue weighted by molar-refractivity contribution is -0.135. The zero-order chi connectivity index (χ0) is 13.5. The van der Waals surface area contributed by atoms with Crippen molar-refractivity contribution in [3.63, 3.8) is 0 Å². The van der Waals surface area contributed by atoms with Crippen molar-refractivity contribution < 1.29 is 9.90 Å². The fourth-order valence-electron chi connectivity index (χ4n) is 2.44. The maximum atomic E-state index is 12.3. The molecule has 0 spiro atoms. The molecule has 0 atom stereocenters. The van der Waals surface area contributed by atoms with Crippen LogP contribution in [0, 0.1) is 5.92 Å². The number of aliphatic hydroxyl groups excluding tert-OH is 1. The molecule has 0 unspecified atom stereocenters. The van der Waals surface area contributed by atoms with E-state index >= 15 is 0 Å². The van der Waals surface area contributed by atoms with Gasteiger partial charge >= 0.3 is 0 Å².